The van der Waals surface area contributed by atoms with Crippen LogP contribution in [0.25, 0.3) is 0 Å². The summed E-state index contributed by atoms with van der Waals surface area (Å²) < 4.78 is 0. The van der Waals surface area contributed by atoms with E-state index in [9.17, 15) is 4.79 Å². The third-order valence-corrected chi connectivity index (χ3v) is 2.40. The SMILES string of the molecule is C[C@H]1CNCC[C@H]1CC(=O)O. The zero-order valence-electron chi connectivity index (χ0n) is 6.84. The molecular weight excluding hydrogens is 142 g/mol. The lowest BCUT2D eigenvalue weighted by atomic mass is 9.85. The van der Waals surface area contributed by atoms with Gasteiger partial charge in [0.25, 0.3) is 0 Å². The van der Waals surface area contributed by atoms with Gasteiger partial charge in [-0.3, -0.25) is 4.79 Å². The maximum atomic E-state index is 10.4. The Morgan fingerprint density at radius 1 is 1.73 bits per heavy atom. The highest BCUT2D eigenvalue weighted by Gasteiger charge is 2.22. The molecule has 1 rings (SSSR count). The van der Waals surface area contributed by atoms with E-state index in [1.165, 1.54) is 0 Å². The van der Waals surface area contributed by atoms with Gasteiger partial charge in [0, 0.05) is 6.42 Å². The number of aliphatic carboxylic acids is 1. The molecule has 0 aromatic rings. The predicted octanol–water partition coefficient (Wildman–Crippen LogP) is 0.707. The van der Waals surface area contributed by atoms with Crippen LogP contribution in [0.4, 0.5) is 0 Å². The number of carboxylic acids is 1. The van der Waals surface area contributed by atoms with Crippen molar-refractivity contribution in [2.24, 2.45) is 11.8 Å². The summed E-state index contributed by atoms with van der Waals surface area (Å²) in [6, 6.07) is 0. The minimum absolute atomic E-state index is 0.336. The Morgan fingerprint density at radius 2 is 2.45 bits per heavy atom. The number of rotatable bonds is 2. The third kappa shape index (κ3) is 2.50. The van der Waals surface area contributed by atoms with Gasteiger partial charge in [-0.2, -0.15) is 0 Å². The molecule has 0 aliphatic carbocycles. The summed E-state index contributed by atoms with van der Waals surface area (Å²) in [7, 11) is 0. The number of carbonyl (C=O) groups is 1. The Balaban J connectivity index is 2.35. The van der Waals surface area contributed by atoms with E-state index in [1.54, 1.807) is 0 Å². The topological polar surface area (TPSA) is 49.3 Å². The second kappa shape index (κ2) is 3.72. The molecule has 0 unspecified atom stereocenters. The molecule has 0 bridgehead atoms. The van der Waals surface area contributed by atoms with E-state index in [4.69, 9.17) is 5.11 Å². The molecule has 0 saturated carbocycles. The van der Waals surface area contributed by atoms with Crippen molar-refractivity contribution in [2.45, 2.75) is 19.8 Å². The zero-order chi connectivity index (χ0) is 8.27. The summed E-state index contributed by atoms with van der Waals surface area (Å²) in [6.07, 6.45) is 1.34. The Kier molecular flexibility index (Phi) is 2.88. The van der Waals surface area contributed by atoms with Crippen molar-refractivity contribution in [1.29, 1.82) is 0 Å². The van der Waals surface area contributed by atoms with Crippen molar-refractivity contribution in [3.05, 3.63) is 0 Å². The number of carboxylic acid groups (broad SMARTS) is 1. The van der Waals surface area contributed by atoms with Gasteiger partial charge in [-0.05, 0) is 31.3 Å². The smallest absolute Gasteiger partial charge is 0.303 e. The summed E-state index contributed by atoms with van der Waals surface area (Å²) in [5.74, 6) is 0.234. The second-order valence-corrected chi connectivity index (χ2v) is 3.33. The molecule has 1 aliphatic rings. The highest BCUT2D eigenvalue weighted by atomic mass is 16.4. The predicted molar refractivity (Wildman–Crippen MR) is 42.4 cm³/mol. The van der Waals surface area contributed by atoms with Crippen molar-refractivity contribution in [2.75, 3.05) is 13.1 Å². The summed E-state index contributed by atoms with van der Waals surface area (Å²) >= 11 is 0. The van der Waals surface area contributed by atoms with Crippen molar-refractivity contribution >= 4 is 5.97 Å². The van der Waals surface area contributed by atoms with Crippen molar-refractivity contribution in [3.63, 3.8) is 0 Å². The maximum absolute atomic E-state index is 10.4. The number of hydrogen-bond acceptors (Lipinski definition) is 2. The van der Waals surface area contributed by atoms with Gasteiger partial charge in [-0.25, -0.2) is 0 Å². The fourth-order valence-corrected chi connectivity index (χ4v) is 1.60. The van der Waals surface area contributed by atoms with E-state index in [1.807, 2.05) is 0 Å². The average molecular weight is 157 g/mol. The van der Waals surface area contributed by atoms with Gasteiger partial charge in [0.2, 0.25) is 0 Å². The molecule has 0 spiro atoms. The van der Waals surface area contributed by atoms with Crippen LogP contribution in [0.5, 0.6) is 0 Å². The summed E-state index contributed by atoms with van der Waals surface area (Å²) in [5.41, 5.74) is 0. The molecule has 11 heavy (non-hydrogen) atoms. The molecule has 3 heteroatoms. The molecule has 1 saturated heterocycles. The fourth-order valence-electron chi connectivity index (χ4n) is 1.60. The lowest BCUT2D eigenvalue weighted by Crippen LogP contribution is -2.35. The van der Waals surface area contributed by atoms with Crippen LogP contribution in [0.15, 0.2) is 0 Å². The normalized spacial score (nSPS) is 31.7. The highest BCUT2D eigenvalue weighted by Crippen LogP contribution is 2.21. The van der Waals surface area contributed by atoms with Gasteiger partial charge in [-0.1, -0.05) is 6.92 Å². The van der Waals surface area contributed by atoms with Crippen LogP contribution in [0, 0.1) is 11.8 Å². The van der Waals surface area contributed by atoms with Crippen LogP contribution in [-0.4, -0.2) is 24.2 Å². The fraction of sp³-hybridized carbons (Fsp3) is 0.875. The minimum Gasteiger partial charge on any atom is -0.481 e. The first kappa shape index (κ1) is 8.53. The summed E-state index contributed by atoms with van der Waals surface area (Å²) in [6.45, 7) is 4.06. The Labute approximate surface area is 66.8 Å². The van der Waals surface area contributed by atoms with E-state index in [2.05, 4.69) is 12.2 Å². The van der Waals surface area contributed by atoms with Gasteiger partial charge < -0.3 is 10.4 Å². The van der Waals surface area contributed by atoms with Crippen molar-refractivity contribution < 1.29 is 9.90 Å². The van der Waals surface area contributed by atoms with E-state index < -0.39 is 5.97 Å². The van der Waals surface area contributed by atoms with Crippen LogP contribution in [0.1, 0.15) is 19.8 Å². The zero-order valence-corrected chi connectivity index (χ0v) is 6.84. The van der Waals surface area contributed by atoms with Crippen LogP contribution in [-0.2, 0) is 4.79 Å². The Bertz CT molecular complexity index is 147. The van der Waals surface area contributed by atoms with E-state index in [0.717, 1.165) is 19.5 Å². The highest BCUT2D eigenvalue weighted by molar-refractivity contribution is 5.67. The summed E-state index contributed by atoms with van der Waals surface area (Å²) in [5, 5.41) is 11.8. The maximum Gasteiger partial charge on any atom is 0.303 e. The number of piperidine rings is 1. The van der Waals surface area contributed by atoms with Crippen LogP contribution < -0.4 is 5.32 Å². The molecule has 1 aliphatic heterocycles. The minimum atomic E-state index is -0.663. The molecule has 3 nitrogen and oxygen atoms in total. The second-order valence-electron chi connectivity index (χ2n) is 3.33. The van der Waals surface area contributed by atoms with E-state index in [-0.39, 0.29) is 0 Å². The van der Waals surface area contributed by atoms with Crippen LogP contribution in [0.3, 0.4) is 0 Å². The van der Waals surface area contributed by atoms with E-state index >= 15 is 0 Å². The largest absolute Gasteiger partial charge is 0.481 e. The molecule has 1 fully saturated rings. The Hall–Kier alpha value is -0.570. The third-order valence-electron chi connectivity index (χ3n) is 2.40. The monoisotopic (exact) mass is 157 g/mol. The standard InChI is InChI=1S/C8H15NO2/c1-6-5-9-3-2-7(6)4-8(10)11/h6-7,9H,2-5H2,1H3,(H,10,11)/t6-,7-/m0/s1. The van der Waals surface area contributed by atoms with Crippen molar-refractivity contribution in [3.8, 4) is 0 Å². The summed E-state index contributed by atoms with van der Waals surface area (Å²) in [4.78, 5) is 10.4. The molecular formula is C8H15NO2. The van der Waals surface area contributed by atoms with Gasteiger partial charge >= 0.3 is 5.97 Å². The first-order chi connectivity index (χ1) is 5.20. The molecule has 0 aromatic carbocycles. The lowest BCUT2D eigenvalue weighted by molar-refractivity contribution is -0.138. The molecule has 0 radical (unpaired) electrons. The molecule has 0 amide bonds. The lowest BCUT2D eigenvalue weighted by Gasteiger charge is -2.28. The molecule has 0 aromatic heterocycles. The first-order valence-electron chi connectivity index (χ1n) is 4.12. The number of hydrogen-bond donors (Lipinski definition) is 2. The van der Waals surface area contributed by atoms with Gasteiger partial charge in [0.05, 0.1) is 0 Å². The number of nitrogens with one attached hydrogen (secondary N) is 1. The van der Waals surface area contributed by atoms with Gasteiger partial charge in [-0.15, -0.1) is 0 Å². The van der Waals surface area contributed by atoms with Gasteiger partial charge in [0.1, 0.15) is 0 Å². The average Bonchev–Trinajstić information content (AvgIpc) is 1.93. The molecule has 64 valence electrons. The van der Waals surface area contributed by atoms with Gasteiger partial charge in [0.15, 0.2) is 0 Å². The van der Waals surface area contributed by atoms with Crippen LogP contribution >= 0.6 is 0 Å². The quantitative estimate of drug-likeness (QED) is 0.620. The Morgan fingerprint density at radius 3 is 3.00 bits per heavy atom. The first-order valence-corrected chi connectivity index (χ1v) is 4.12. The van der Waals surface area contributed by atoms with Crippen molar-refractivity contribution in [1.82, 2.24) is 5.32 Å². The van der Waals surface area contributed by atoms with E-state index in [0.29, 0.717) is 18.3 Å². The molecule has 1 heterocycles. The molecule has 2 atom stereocenters. The van der Waals surface area contributed by atoms with Crippen LogP contribution in [0.2, 0.25) is 0 Å². The molecule has 2 N–H and O–H groups in total.